The number of nitrogens with zero attached hydrogens (tertiary/aromatic N) is 1. The molecule has 0 aromatic heterocycles. The van der Waals surface area contributed by atoms with Gasteiger partial charge < -0.3 is 4.74 Å². The van der Waals surface area contributed by atoms with E-state index in [9.17, 15) is 0 Å². The van der Waals surface area contributed by atoms with Crippen molar-refractivity contribution in [1.82, 2.24) is 0 Å². The lowest BCUT2D eigenvalue weighted by Crippen LogP contribution is -2.25. The largest absolute Gasteiger partial charge is 0.378 e. The van der Waals surface area contributed by atoms with Crippen molar-refractivity contribution in [2.45, 2.75) is 109 Å². The fourth-order valence-corrected chi connectivity index (χ4v) is 5.66. The highest BCUT2D eigenvalue weighted by molar-refractivity contribution is 5.26. The van der Waals surface area contributed by atoms with Crippen LogP contribution < -0.4 is 0 Å². The zero-order valence-electron chi connectivity index (χ0n) is 20.9. The molecule has 0 radical (unpaired) electrons. The second-order valence-electron chi connectivity index (χ2n) is 10.4. The van der Waals surface area contributed by atoms with Gasteiger partial charge in [0.1, 0.15) is 0 Å². The molecule has 0 saturated heterocycles. The van der Waals surface area contributed by atoms with E-state index in [4.69, 9.17) is 10.00 Å². The third-order valence-electron chi connectivity index (χ3n) is 7.89. The van der Waals surface area contributed by atoms with E-state index in [0.29, 0.717) is 6.10 Å². The Balaban J connectivity index is 1.27. The van der Waals surface area contributed by atoms with Gasteiger partial charge in [0, 0.05) is 12.7 Å². The quantitative estimate of drug-likeness (QED) is 0.182. The van der Waals surface area contributed by atoms with Gasteiger partial charge in [0.15, 0.2) is 0 Å². The second-order valence-corrected chi connectivity index (χ2v) is 10.4. The highest BCUT2D eigenvalue weighted by Crippen LogP contribution is 2.36. The minimum atomic E-state index is 0.485. The van der Waals surface area contributed by atoms with Crippen molar-refractivity contribution in [2.24, 2.45) is 11.8 Å². The van der Waals surface area contributed by atoms with Crippen molar-refractivity contribution in [3.05, 3.63) is 59.7 Å². The van der Waals surface area contributed by atoms with Crippen LogP contribution in [0.25, 0.3) is 0 Å². The van der Waals surface area contributed by atoms with Crippen molar-refractivity contribution in [1.29, 1.82) is 5.26 Å². The lowest BCUT2D eigenvalue weighted by molar-refractivity contribution is -0.00474. The zero-order valence-corrected chi connectivity index (χ0v) is 20.9. The molecule has 1 aromatic carbocycles. The summed E-state index contributed by atoms with van der Waals surface area (Å²) >= 11 is 0. The average molecular weight is 448 g/mol. The number of allylic oxidation sites excluding steroid dienone is 4. The third-order valence-corrected chi connectivity index (χ3v) is 7.89. The first-order valence-electron chi connectivity index (χ1n) is 13.7. The third kappa shape index (κ3) is 9.50. The van der Waals surface area contributed by atoms with Gasteiger partial charge in [0.2, 0.25) is 0 Å². The van der Waals surface area contributed by atoms with Crippen LogP contribution in [0.5, 0.6) is 0 Å². The fraction of sp³-hybridized carbons (Fsp3) is 0.645. The number of aryl methyl sites for hydroxylation is 1. The Bertz CT molecular complexity index is 740. The normalized spacial score (nSPS) is 26.1. The monoisotopic (exact) mass is 447 g/mol. The molecule has 0 unspecified atom stereocenters. The Kier molecular flexibility index (Phi) is 11.8. The molecule has 0 amide bonds. The van der Waals surface area contributed by atoms with Gasteiger partial charge in [-0.2, -0.15) is 5.26 Å². The fourth-order valence-electron chi connectivity index (χ4n) is 5.66. The van der Waals surface area contributed by atoms with E-state index >= 15 is 0 Å². The molecular formula is C31H45NO. The maximum atomic E-state index is 8.49. The van der Waals surface area contributed by atoms with Crippen molar-refractivity contribution < 1.29 is 4.74 Å². The molecule has 2 saturated carbocycles. The number of hydrogen-bond donors (Lipinski definition) is 0. The Morgan fingerprint density at radius 2 is 1.64 bits per heavy atom. The zero-order chi connectivity index (χ0) is 23.1. The van der Waals surface area contributed by atoms with E-state index < -0.39 is 0 Å². The molecule has 2 fully saturated rings. The highest BCUT2D eigenvalue weighted by Gasteiger charge is 2.25. The van der Waals surface area contributed by atoms with E-state index in [0.717, 1.165) is 30.8 Å². The summed E-state index contributed by atoms with van der Waals surface area (Å²) in [6, 6.07) is 11.5. The maximum absolute atomic E-state index is 8.49. The van der Waals surface area contributed by atoms with Crippen LogP contribution >= 0.6 is 0 Å². The number of hydrogen-bond acceptors (Lipinski definition) is 2. The number of ether oxygens (including phenoxy) is 1. The molecule has 0 aliphatic heterocycles. The first-order valence-corrected chi connectivity index (χ1v) is 13.7. The highest BCUT2D eigenvalue weighted by atomic mass is 16.5. The van der Waals surface area contributed by atoms with Gasteiger partial charge in [-0.25, -0.2) is 0 Å². The topological polar surface area (TPSA) is 33.0 Å². The number of nitriles is 1. The SMILES string of the molecule is CCCCCc1ccc([C@H]2CC[C@H](OC[C@H]3CC[C@H](CCC=CC=CC#N)CC3)CC2)cc1. The van der Waals surface area contributed by atoms with Gasteiger partial charge >= 0.3 is 0 Å². The number of benzene rings is 1. The van der Waals surface area contributed by atoms with E-state index in [1.165, 1.54) is 95.1 Å². The van der Waals surface area contributed by atoms with E-state index in [1.807, 2.05) is 18.2 Å². The molecule has 2 heteroatoms. The van der Waals surface area contributed by atoms with Crippen LogP contribution in [0, 0.1) is 23.2 Å². The minimum absolute atomic E-state index is 0.485. The van der Waals surface area contributed by atoms with Crippen molar-refractivity contribution >= 4 is 0 Å². The summed E-state index contributed by atoms with van der Waals surface area (Å²) < 4.78 is 6.41. The van der Waals surface area contributed by atoms with Crippen LogP contribution in [0.2, 0.25) is 0 Å². The lowest BCUT2D eigenvalue weighted by atomic mass is 9.80. The first kappa shape index (κ1) is 25.8. The van der Waals surface area contributed by atoms with E-state index in [-0.39, 0.29) is 0 Å². The molecule has 2 nitrogen and oxygen atoms in total. The number of unbranched alkanes of at least 4 members (excludes halogenated alkanes) is 2. The summed E-state index contributed by atoms with van der Waals surface area (Å²) in [7, 11) is 0. The number of rotatable bonds is 12. The van der Waals surface area contributed by atoms with Gasteiger partial charge in [-0.15, -0.1) is 0 Å². The molecule has 2 aliphatic rings. The molecule has 180 valence electrons. The molecule has 3 rings (SSSR count). The predicted molar refractivity (Wildman–Crippen MR) is 139 cm³/mol. The molecule has 0 spiro atoms. The van der Waals surface area contributed by atoms with Gasteiger partial charge in [-0.3, -0.25) is 0 Å². The van der Waals surface area contributed by atoms with Gasteiger partial charge in [-0.1, -0.05) is 75.1 Å². The molecule has 0 heterocycles. The van der Waals surface area contributed by atoms with Crippen molar-refractivity contribution in [3.8, 4) is 6.07 Å². The smallest absolute Gasteiger partial charge is 0.0912 e. The Labute approximate surface area is 203 Å². The average Bonchev–Trinajstić information content (AvgIpc) is 2.86. The van der Waals surface area contributed by atoms with Crippen molar-refractivity contribution in [3.63, 3.8) is 0 Å². The summed E-state index contributed by atoms with van der Waals surface area (Å²) in [5.74, 6) is 2.38. The minimum Gasteiger partial charge on any atom is -0.378 e. The molecule has 1 aromatic rings. The molecule has 2 aliphatic carbocycles. The van der Waals surface area contributed by atoms with Crippen LogP contribution in [-0.4, -0.2) is 12.7 Å². The van der Waals surface area contributed by atoms with Gasteiger partial charge in [0.25, 0.3) is 0 Å². The van der Waals surface area contributed by atoms with Crippen LogP contribution in [0.1, 0.15) is 107 Å². The Morgan fingerprint density at radius 3 is 2.33 bits per heavy atom. The summed E-state index contributed by atoms with van der Waals surface area (Å²) in [4.78, 5) is 0. The predicted octanol–water partition coefficient (Wildman–Crippen LogP) is 8.68. The lowest BCUT2D eigenvalue weighted by Gasteiger charge is -2.32. The summed E-state index contributed by atoms with van der Waals surface area (Å²) in [6.07, 6.45) is 26.0. The second kappa shape index (κ2) is 15.1. The molecule has 0 bridgehead atoms. The van der Waals surface area contributed by atoms with Crippen LogP contribution in [0.4, 0.5) is 0 Å². The molecule has 0 atom stereocenters. The maximum Gasteiger partial charge on any atom is 0.0912 e. The molecule has 33 heavy (non-hydrogen) atoms. The van der Waals surface area contributed by atoms with Crippen LogP contribution in [-0.2, 0) is 11.2 Å². The van der Waals surface area contributed by atoms with Crippen molar-refractivity contribution in [2.75, 3.05) is 6.61 Å². The Hall–Kier alpha value is -1.85. The standard InChI is InChI=1S/C31H45NO/c1-2-3-7-10-27-16-18-29(19-17-27)30-20-22-31(23-21-30)33-25-28-14-12-26(13-15-28)11-8-5-4-6-9-24-32/h4-6,9,16-19,26,28,30-31H,2-3,7-8,10-15,20-23,25H2,1H3/t26-,28-,30-,31-. The first-order chi connectivity index (χ1) is 16.3. The summed E-state index contributed by atoms with van der Waals surface area (Å²) in [5.41, 5.74) is 3.05. The summed E-state index contributed by atoms with van der Waals surface area (Å²) in [6.45, 7) is 3.25. The summed E-state index contributed by atoms with van der Waals surface area (Å²) in [5, 5.41) is 8.49. The molecule has 0 N–H and O–H groups in total. The van der Waals surface area contributed by atoms with Crippen LogP contribution in [0.3, 0.4) is 0 Å². The Morgan fingerprint density at radius 1 is 0.909 bits per heavy atom. The molecular weight excluding hydrogens is 402 g/mol. The van der Waals surface area contributed by atoms with E-state index in [1.54, 1.807) is 5.56 Å². The van der Waals surface area contributed by atoms with Gasteiger partial charge in [-0.05, 0) is 93.1 Å². The van der Waals surface area contributed by atoms with Crippen LogP contribution in [0.15, 0.2) is 48.6 Å². The van der Waals surface area contributed by atoms with E-state index in [2.05, 4.69) is 37.3 Å². The van der Waals surface area contributed by atoms with Gasteiger partial charge in [0.05, 0.1) is 12.2 Å².